The van der Waals surface area contributed by atoms with Crippen molar-refractivity contribution in [2.24, 2.45) is 10.9 Å². The molecule has 0 fully saturated rings. The zero-order chi connectivity index (χ0) is 14.4. The van der Waals surface area contributed by atoms with Crippen LogP contribution in [0.2, 0.25) is 0 Å². The van der Waals surface area contributed by atoms with Crippen LogP contribution < -0.4 is 11.1 Å². The Morgan fingerprint density at radius 1 is 1.58 bits per heavy atom. The summed E-state index contributed by atoms with van der Waals surface area (Å²) >= 11 is 1.08. The molecule has 0 aliphatic rings. The standard InChI is InChI=1S/C11H19N5O2S/c1-4-7(5-8(12)15-18)13-11(17)10-9(6(2)3)14-16-19-10/h6-7,18H,4-5H2,1-3H3,(H2,12,15)(H,13,17). The van der Waals surface area contributed by atoms with Crippen molar-refractivity contribution in [3.63, 3.8) is 0 Å². The molecule has 0 aromatic carbocycles. The minimum Gasteiger partial charge on any atom is -0.409 e. The average Bonchev–Trinajstić information content (AvgIpc) is 2.86. The molecule has 106 valence electrons. The van der Waals surface area contributed by atoms with Gasteiger partial charge in [-0.2, -0.15) is 0 Å². The van der Waals surface area contributed by atoms with Gasteiger partial charge in [0.25, 0.3) is 5.91 Å². The second kappa shape index (κ2) is 7.03. The lowest BCUT2D eigenvalue weighted by atomic mass is 10.1. The quantitative estimate of drug-likeness (QED) is 0.315. The molecule has 1 amide bonds. The van der Waals surface area contributed by atoms with Crippen molar-refractivity contribution in [3.8, 4) is 0 Å². The molecule has 0 saturated carbocycles. The fourth-order valence-electron chi connectivity index (χ4n) is 1.57. The van der Waals surface area contributed by atoms with E-state index in [0.717, 1.165) is 11.5 Å². The van der Waals surface area contributed by atoms with Gasteiger partial charge in [0.05, 0.1) is 5.69 Å². The molecule has 0 saturated heterocycles. The Labute approximate surface area is 116 Å². The molecule has 1 rings (SSSR count). The van der Waals surface area contributed by atoms with Crippen LogP contribution in [0.4, 0.5) is 0 Å². The smallest absolute Gasteiger partial charge is 0.265 e. The summed E-state index contributed by atoms with van der Waals surface area (Å²) in [4.78, 5) is 12.7. The second-order valence-corrected chi connectivity index (χ2v) is 5.27. The molecule has 0 bridgehead atoms. The summed E-state index contributed by atoms with van der Waals surface area (Å²) in [7, 11) is 0. The van der Waals surface area contributed by atoms with E-state index >= 15 is 0 Å². The molecular formula is C11H19N5O2S. The molecule has 1 atom stereocenters. The van der Waals surface area contributed by atoms with Crippen molar-refractivity contribution >= 4 is 23.3 Å². The van der Waals surface area contributed by atoms with E-state index in [1.807, 2.05) is 20.8 Å². The van der Waals surface area contributed by atoms with Crippen LogP contribution in [-0.2, 0) is 0 Å². The van der Waals surface area contributed by atoms with Crippen LogP contribution in [0, 0.1) is 0 Å². The second-order valence-electron chi connectivity index (χ2n) is 4.52. The van der Waals surface area contributed by atoms with E-state index < -0.39 is 0 Å². The average molecular weight is 285 g/mol. The summed E-state index contributed by atoms with van der Waals surface area (Å²) in [6, 6.07) is -0.175. The molecule has 19 heavy (non-hydrogen) atoms. The molecule has 4 N–H and O–H groups in total. The number of hydrogen-bond acceptors (Lipinski definition) is 6. The number of nitrogens with zero attached hydrogens (tertiary/aromatic N) is 3. The monoisotopic (exact) mass is 285 g/mol. The van der Waals surface area contributed by atoms with Gasteiger partial charge in [-0.25, -0.2) is 0 Å². The van der Waals surface area contributed by atoms with E-state index in [1.165, 1.54) is 0 Å². The third-order valence-electron chi connectivity index (χ3n) is 2.68. The number of carbonyl (C=O) groups excluding carboxylic acids is 1. The third-order valence-corrected chi connectivity index (χ3v) is 3.42. The SMILES string of the molecule is CCC(CC(N)=NO)NC(=O)c1snnc1C(C)C. The van der Waals surface area contributed by atoms with Crippen molar-refractivity contribution in [2.75, 3.05) is 0 Å². The van der Waals surface area contributed by atoms with Gasteiger partial charge in [0.2, 0.25) is 0 Å². The number of rotatable bonds is 6. The lowest BCUT2D eigenvalue weighted by Gasteiger charge is -2.16. The van der Waals surface area contributed by atoms with E-state index in [2.05, 4.69) is 20.1 Å². The molecule has 0 aliphatic carbocycles. The fourth-order valence-corrected chi connectivity index (χ4v) is 2.30. The summed E-state index contributed by atoms with van der Waals surface area (Å²) in [5, 5.41) is 18.3. The summed E-state index contributed by atoms with van der Waals surface area (Å²) in [6.45, 7) is 5.84. The van der Waals surface area contributed by atoms with Crippen LogP contribution in [-0.4, -0.2) is 32.6 Å². The number of aromatic nitrogens is 2. The molecule has 0 aliphatic heterocycles. The lowest BCUT2D eigenvalue weighted by molar-refractivity contribution is 0.0939. The van der Waals surface area contributed by atoms with Crippen molar-refractivity contribution in [1.29, 1.82) is 0 Å². The predicted octanol–water partition coefficient (Wildman–Crippen LogP) is 1.31. The third kappa shape index (κ3) is 4.16. The Balaban J connectivity index is 2.74. The number of nitrogens with two attached hydrogens (primary N) is 1. The van der Waals surface area contributed by atoms with Crippen molar-refractivity contribution in [2.45, 2.75) is 45.6 Å². The Kier molecular flexibility index (Phi) is 5.68. The van der Waals surface area contributed by atoms with Gasteiger partial charge in [-0.1, -0.05) is 30.4 Å². The van der Waals surface area contributed by atoms with Crippen molar-refractivity contribution in [3.05, 3.63) is 10.6 Å². The van der Waals surface area contributed by atoms with Crippen LogP contribution in [0.5, 0.6) is 0 Å². The summed E-state index contributed by atoms with van der Waals surface area (Å²) in [5.74, 6) is 0.0265. The number of carbonyl (C=O) groups is 1. The number of amides is 1. The Morgan fingerprint density at radius 2 is 2.26 bits per heavy atom. The number of oxime groups is 1. The van der Waals surface area contributed by atoms with E-state index in [1.54, 1.807) is 0 Å². The number of nitrogens with one attached hydrogen (secondary N) is 1. The first-order valence-corrected chi connectivity index (χ1v) is 6.86. The van der Waals surface area contributed by atoms with E-state index in [-0.39, 0.29) is 23.7 Å². The van der Waals surface area contributed by atoms with Crippen LogP contribution in [0.15, 0.2) is 5.16 Å². The summed E-state index contributed by atoms with van der Waals surface area (Å²) in [6.07, 6.45) is 0.993. The minimum absolute atomic E-state index is 0.0960. The van der Waals surface area contributed by atoms with E-state index in [0.29, 0.717) is 23.4 Å². The summed E-state index contributed by atoms with van der Waals surface area (Å²) < 4.78 is 3.82. The first-order chi connectivity index (χ1) is 8.99. The highest BCUT2D eigenvalue weighted by atomic mass is 32.1. The zero-order valence-electron chi connectivity index (χ0n) is 11.3. The van der Waals surface area contributed by atoms with Crippen LogP contribution in [0.3, 0.4) is 0 Å². The fraction of sp³-hybridized carbons (Fsp3) is 0.636. The molecule has 7 nitrogen and oxygen atoms in total. The predicted molar refractivity (Wildman–Crippen MR) is 73.6 cm³/mol. The van der Waals surface area contributed by atoms with Crippen molar-refractivity contribution < 1.29 is 10.0 Å². The molecule has 0 radical (unpaired) electrons. The Morgan fingerprint density at radius 3 is 2.79 bits per heavy atom. The molecule has 1 heterocycles. The topological polar surface area (TPSA) is 113 Å². The minimum atomic E-state index is -0.212. The normalized spacial score (nSPS) is 13.6. The van der Waals surface area contributed by atoms with Gasteiger partial charge in [0.15, 0.2) is 0 Å². The lowest BCUT2D eigenvalue weighted by Crippen LogP contribution is -2.37. The van der Waals surface area contributed by atoms with E-state index in [4.69, 9.17) is 10.9 Å². The van der Waals surface area contributed by atoms with Gasteiger partial charge in [0.1, 0.15) is 10.7 Å². The van der Waals surface area contributed by atoms with Crippen LogP contribution >= 0.6 is 11.5 Å². The van der Waals surface area contributed by atoms with Gasteiger partial charge in [-0.3, -0.25) is 4.79 Å². The first kappa shape index (κ1) is 15.4. The maximum Gasteiger partial charge on any atom is 0.265 e. The largest absolute Gasteiger partial charge is 0.409 e. The van der Waals surface area contributed by atoms with Gasteiger partial charge in [0, 0.05) is 12.5 Å². The summed E-state index contributed by atoms with van der Waals surface area (Å²) in [5.41, 5.74) is 6.14. The van der Waals surface area contributed by atoms with Gasteiger partial charge in [-0.15, -0.1) is 5.10 Å². The van der Waals surface area contributed by atoms with Gasteiger partial charge < -0.3 is 16.3 Å². The number of amidine groups is 1. The molecule has 8 heteroatoms. The van der Waals surface area contributed by atoms with Gasteiger partial charge >= 0.3 is 0 Å². The maximum absolute atomic E-state index is 12.1. The highest BCUT2D eigenvalue weighted by Crippen LogP contribution is 2.19. The Bertz CT molecular complexity index is 458. The Hall–Kier alpha value is -1.70. The molecule has 1 unspecified atom stereocenters. The molecule has 1 aromatic rings. The van der Waals surface area contributed by atoms with Gasteiger partial charge in [-0.05, 0) is 23.9 Å². The maximum atomic E-state index is 12.1. The highest BCUT2D eigenvalue weighted by molar-refractivity contribution is 7.08. The zero-order valence-corrected chi connectivity index (χ0v) is 12.1. The van der Waals surface area contributed by atoms with Crippen LogP contribution in [0.25, 0.3) is 0 Å². The van der Waals surface area contributed by atoms with Crippen molar-refractivity contribution in [1.82, 2.24) is 14.9 Å². The van der Waals surface area contributed by atoms with Crippen LogP contribution in [0.1, 0.15) is 54.9 Å². The first-order valence-electron chi connectivity index (χ1n) is 6.09. The molecule has 0 spiro atoms. The molecule has 1 aromatic heterocycles. The molecular weight excluding hydrogens is 266 g/mol. The highest BCUT2D eigenvalue weighted by Gasteiger charge is 2.21. The van der Waals surface area contributed by atoms with E-state index in [9.17, 15) is 4.79 Å². The number of hydrogen-bond donors (Lipinski definition) is 3.